The number of hydrogen-bond donors (Lipinski definition) is 1. The van der Waals surface area contributed by atoms with Crippen LogP contribution >= 0.6 is 0 Å². The summed E-state index contributed by atoms with van der Waals surface area (Å²) >= 11 is 0. The minimum absolute atomic E-state index is 0.169. The van der Waals surface area contributed by atoms with E-state index in [4.69, 9.17) is 9.26 Å². The minimum Gasteiger partial charge on any atom is -0.497 e. The molecule has 7 nitrogen and oxygen atoms in total. The van der Waals surface area contributed by atoms with Crippen molar-refractivity contribution in [2.75, 3.05) is 13.7 Å². The fourth-order valence-corrected chi connectivity index (χ4v) is 3.53. The largest absolute Gasteiger partial charge is 0.497 e. The van der Waals surface area contributed by atoms with E-state index in [1.165, 1.54) is 0 Å². The molecule has 27 heavy (non-hydrogen) atoms. The monoisotopic (exact) mass is 387 g/mol. The second-order valence-corrected chi connectivity index (χ2v) is 7.65. The number of ether oxygens (including phenoxy) is 1. The average Bonchev–Trinajstić information content (AvgIpc) is 3.17. The molecule has 1 heterocycles. The first-order chi connectivity index (χ1) is 13.0. The van der Waals surface area contributed by atoms with Crippen LogP contribution in [0.4, 0.5) is 0 Å². The number of nitrogens with one attached hydrogen (secondary N) is 1. The van der Waals surface area contributed by atoms with Gasteiger partial charge in [0, 0.05) is 18.5 Å². The molecule has 0 bridgehead atoms. The lowest BCUT2D eigenvalue weighted by Gasteiger charge is -2.06. The number of nitrogens with zero attached hydrogens (tertiary/aromatic N) is 2. The van der Waals surface area contributed by atoms with Crippen LogP contribution in [0.15, 0.2) is 57.9 Å². The van der Waals surface area contributed by atoms with Gasteiger partial charge < -0.3 is 9.26 Å². The van der Waals surface area contributed by atoms with Gasteiger partial charge in [-0.2, -0.15) is 4.98 Å². The van der Waals surface area contributed by atoms with E-state index >= 15 is 0 Å². The van der Waals surface area contributed by atoms with Crippen LogP contribution < -0.4 is 9.46 Å². The maximum atomic E-state index is 12.3. The summed E-state index contributed by atoms with van der Waals surface area (Å²) < 4.78 is 37.5. The third-order valence-electron chi connectivity index (χ3n) is 4.09. The highest BCUT2D eigenvalue weighted by atomic mass is 32.2. The van der Waals surface area contributed by atoms with Crippen molar-refractivity contribution in [1.82, 2.24) is 14.9 Å². The van der Waals surface area contributed by atoms with E-state index in [0.29, 0.717) is 18.1 Å². The Bertz CT molecular complexity index is 981. The summed E-state index contributed by atoms with van der Waals surface area (Å²) in [5, 5.41) is 3.93. The van der Waals surface area contributed by atoms with Crippen LogP contribution in [0.25, 0.3) is 11.4 Å². The summed E-state index contributed by atoms with van der Waals surface area (Å²) in [5.74, 6) is 1.55. The van der Waals surface area contributed by atoms with Crippen molar-refractivity contribution in [3.63, 3.8) is 0 Å². The fourth-order valence-electron chi connectivity index (χ4n) is 2.49. The fraction of sp³-hybridized carbons (Fsp3) is 0.263. The molecule has 0 saturated heterocycles. The normalized spacial score (nSPS) is 11.5. The second kappa shape index (κ2) is 8.32. The van der Waals surface area contributed by atoms with Gasteiger partial charge in [0.25, 0.3) is 0 Å². The van der Waals surface area contributed by atoms with Crippen LogP contribution in [0.2, 0.25) is 0 Å². The first kappa shape index (κ1) is 19.1. The highest BCUT2D eigenvalue weighted by molar-refractivity contribution is 7.89. The predicted molar refractivity (Wildman–Crippen MR) is 101 cm³/mol. The van der Waals surface area contributed by atoms with Crippen molar-refractivity contribution < 1.29 is 17.7 Å². The third kappa shape index (κ3) is 4.72. The van der Waals surface area contributed by atoms with Gasteiger partial charge in [0.1, 0.15) is 5.75 Å². The smallest absolute Gasteiger partial charge is 0.240 e. The van der Waals surface area contributed by atoms with Gasteiger partial charge in [0.15, 0.2) is 0 Å². The molecular formula is C19H21N3O4S. The van der Waals surface area contributed by atoms with Crippen molar-refractivity contribution in [2.24, 2.45) is 0 Å². The van der Waals surface area contributed by atoms with Gasteiger partial charge in [-0.25, -0.2) is 13.1 Å². The molecule has 142 valence electrons. The quantitative estimate of drug-likeness (QED) is 0.639. The Morgan fingerprint density at radius 3 is 2.41 bits per heavy atom. The summed E-state index contributed by atoms with van der Waals surface area (Å²) in [7, 11) is -1.96. The predicted octanol–water partition coefficient (Wildman–Crippen LogP) is 2.83. The van der Waals surface area contributed by atoms with Crippen LogP contribution in [-0.4, -0.2) is 32.2 Å². The van der Waals surface area contributed by atoms with Gasteiger partial charge in [-0.15, -0.1) is 0 Å². The highest BCUT2D eigenvalue weighted by Crippen LogP contribution is 2.19. The molecule has 0 amide bonds. The van der Waals surface area contributed by atoms with Crippen molar-refractivity contribution in [2.45, 2.75) is 24.7 Å². The molecule has 1 N–H and O–H groups in total. The van der Waals surface area contributed by atoms with E-state index in [9.17, 15) is 8.42 Å². The molecule has 0 radical (unpaired) electrons. The van der Waals surface area contributed by atoms with Crippen molar-refractivity contribution in [1.29, 1.82) is 0 Å². The Morgan fingerprint density at radius 1 is 1.07 bits per heavy atom. The molecule has 0 aliphatic rings. The van der Waals surface area contributed by atoms with Gasteiger partial charge in [0.2, 0.25) is 21.7 Å². The topological polar surface area (TPSA) is 94.3 Å². The third-order valence-corrected chi connectivity index (χ3v) is 5.57. The highest BCUT2D eigenvalue weighted by Gasteiger charge is 2.15. The molecule has 3 aromatic rings. The number of methoxy groups -OCH3 is 1. The summed E-state index contributed by atoms with van der Waals surface area (Å²) in [6, 6.07) is 14.1. The number of sulfonamides is 1. The number of rotatable bonds is 8. The number of aryl methyl sites for hydroxylation is 1. The van der Waals surface area contributed by atoms with Gasteiger partial charge in [-0.1, -0.05) is 24.2 Å². The first-order valence-electron chi connectivity index (χ1n) is 8.57. The van der Waals surface area contributed by atoms with E-state index in [0.717, 1.165) is 23.3 Å². The molecule has 0 spiro atoms. The van der Waals surface area contributed by atoms with Crippen molar-refractivity contribution in [3.05, 3.63) is 60.0 Å². The molecule has 1 aromatic heterocycles. The minimum atomic E-state index is -3.56. The molecule has 8 heteroatoms. The Kier molecular flexibility index (Phi) is 5.88. The van der Waals surface area contributed by atoms with Gasteiger partial charge in [0.05, 0.1) is 12.0 Å². The zero-order valence-electron chi connectivity index (χ0n) is 15.2. The van der Waals surface area contributed by atoms with Crippen molar-refractivity contribution >= 4 is 10.0 Å². The molecule has 0 aliphatic carbocycles. The molecule has 0 unspecified atom stereocenters. The van der Waals surface area contributed by atoms with Gasteiger partial charge in [-0.3, -0.25) is 0 Å². The first-order valence-corrected chi connectivity index (χ1v) is 10.1. The average molecular weight is 387 g/mol. The summed E-state index contributed by atoms with van der Waals surface area (Å²) in [4.78, 5) is 4.54. The van der Waals surface area contributed by atoms with Gasteiger partial charge >= 0.3 is 0 Å². The molecular weight excluding hydrogens is 366 g/mol. The lowest BCUT2D eigenvalue weighted by molar-refractivity contribution is 0.379. The van der Waals surface area contributed by atoms with Crippen LogP contribution in [0.3, 0.4) is 0 Å². The SMILES string of the molecule is CCc1ccc(S(=O)(=O)NCCc2nc(-c3ccc(OC)cc3)no2)cc1. The zero-order valence-corrected chi connectivity index (χ0v) is 16.0. The molecule has 0 saturated carbocycles. The Hall–Kier alpha value is -2.71. The maximum absolute atomic E-state index is 12.3. The van der Waals surface area contributed by atoms with Crippen molar-refractivity contribution in [3.8, 4) is 17.1 Å². The Balaban J connectivity index is 1.59. The summed E-state index contributed by atoms with van der Waals surface area (Å²) in [6.07, 6.45) is 1.16. The molecule has 0 atom stereocenters. The Labute approximate surface area is 158 Å². The summed E-state index contributed by atoms with van der Waals surface area (Å²) in [6.45, 7) is 2.19. The van der Waals surface area contributed by atoms with E-state index < -0.39 is 10.0 Å². The van der Waals surface area contributed by atoms with E-state index in [1.54, 1.807) is 19.2 Å². The lowest BCUT2D eigenvalue weighted by atomic mass is 10.2. The second-order valence-electron chi connectivity index (χ2n) is 5.89. The van der Waals surface area contributed by atoms with Crippen LogP contribution in [0, 0.1) is 0 Å². The molecule has 0 fully saturated rings. The lowest BCUT2D eigenvalue weighted by Crippen LogP contribution is -2.26. The van der Waals surface area contributed by atoms with Gasteiger partial charge in [-0.05, 0) is 48.4 Å². The van der Waals surface area contributed by atoms with Crippen LogP contribution in [-0.2, 0) is 22.9 Å². The number of benzene rings is 2. The Morgan fingerprint density at radius 2 is 1.78 bits per heavy atom. The maximum Gasteiger partial charge on any atom is 0.240 e. The standard InChI is InChI=1S/C19H21N3O4S/c1-3-14-4-10-17(11-5-14)27(23,24)20-13-12-18-21-19(22-26-18)15-6-8-16(25-2)9-7-15/h4-11,20H,3,12-13H2,1-2H3. The number of aromatic nitrogens is 2. The molecule has 3 rings (SSSR count). The van der Waals surface area contributed by atoms with Crippen LogP contribution in [0.5, 0.6) is 5.75 Å². The number of hydrogen-bond acceptors (Lipinski definition) is 6. The van der Waals surface area contributed by atoms with E-state index in [2.05, 4.69) is 14.9 Å². The van der Waals surface area contributed by atoms with E-state index in [1.807, 2.05) is 43.3 Å². The molecule has 2 aromatic carbocycles. The van der Waals surface area contributed by atoms with E-state index in [-0.39, 0.29) is 11.4 Å². The summed E-state index contributed by atoms with van der Waals surface area (Å²) in [5.41, 5.74) is 1.88. The zero-order chi connectivity index (χ0) is 19.3. The van der Waals surface area contributed by atoms with Crippen LogP contribution in [0.1, 0.15) is 18.4 Å². The molecule has 0 aliphatic heterocycles.